The van der Waals surface area contributed by atoms with Gasteiger partial charge in [-0.25, -0.2) is 9.78 Å². The lowest BCUT2D eigenvalue weighted by Crippen LogP contribution is -2.24. The summed E-state index contributed by atoms with van der Waals surface area (Å²) >= 11 is 5.70. The van der Waals surface area contributed by atoms with Crippen molar-refractivity contribution in [1.29, 1.82) is 5.26 Å². The predicted octanol–water partition coefficient (Wildman–Crippen LogP) is 2.56. The molecule has 16 heavy (non-hydrogen) atoms. The fourth-order valence-corrected chi connectivity index (χ4v) is 1.16. The number of carbonyl (C=O) groups is 1. The lowest BCUT2D eigenvalue weighted by atomic mass is 10.2. The maximum absolute atomic E-state index is 11.6. The molecule has 0 amide bonds. The second kappa shape index (κ2) is 4.50. The zero-order valence-corrected chi connectivity index (χ0v) is 10.00. The van der Waals surface area contributed by atoms with Crippen LogP contribution in [-0.2, 0) is 4.74 Å². The van der Waals surface area contributed by atoms with Crippen molar-refractivity contribution in [2.45, 2.75) is 26.4 Å². The van der Waals surface area contributed by atoms with Gasteiger partial charge in [-0.1, -0.05) is 11.6 Å². The molecule has 0 unspecified atom stereocenters. The number of ether oxygens (including phenoxy) is 1. The van der Waals surface area contributed by atoms with Crippen LogP contribution < -0.4 is 0 Å². The van der Waals surface area contributed by atoms with E-state index >= 15 is 0 Å². The first-order valence-electron chi connectivity index (χ1n) is 4.63. The van der Waals surface area contributed by atoms with Crippen LogP contribution in [0.15, 0.2) is 12.1 Å². The number of carbonyl (C=O) groups excluding carboxylic acids is 1. The van der Waals surface area contributed by atoms with Gasteiger partial charge in [-0.15, -0.1) is 0 Å². The van der Waals surface area contributed by atoms with E-state index in [0.717, 1.165) is 0 Å². The van der Waals surface area contributed by atoms with E-state index in [9.17, 15) is 4.79 Å². The van der Waals surface area contributed by atoms with Gasteiger partial charge in [0.25, 0.3) is 0 Å². The first-order valence-corrected chi connectivity index (χ1v) is 5.01. The Kier molecular flexibility index (Phi) is 3.51. The number of aromatic nitrogens is 1. The number of esters is 1. The van der Waals surface area contributed by atoms with E-state index in [1.807, 2.05) is 6.07 Å². The molecule has 0 saturated carbocycles. The van der Waals surface area contributed by atoms with Gasteiger partial charge in [0.05, 0.1) is 5.56 Å². The number of pyridine rings is 1. The van der Waals surface area contributed by atoms with Gasteiger partial charge < -0.3 is 4.74 Å². The zero-order valence-electron chi connectivity index (χ0n) is 9.24. The molecule has 0 fully saturated rings. The van der Waals surface area contributed by atoms with Crippen LogP contribution >= 0.6 is 11.6 Å². The lowest BCUT2D eigenvalue weighted by molar-refractivity contribution is 0.00629. The summed E-state index contributed by atoms with van der Waals surface area (Å²) in [7, 11) is 0. The minimum Gasteiger partial charge on any atom is -0.455 e. The molecule has 1 aromatic rings. The van der Waals surface area contributed by atoms with Crippen molar-refractivity contribution in [1.82, 2.24) is 4.98 Å². The molecule has 0 aliphatic carbocycles. The molecule has 1 aromatic heterocycles. The zero-order chi connectivity index (χ0) is 12.3. The lowest BCUT2D eigenvalue weighted by Gasteiger charge is -2.19. The van der Waals surface area contributed by atoms with Gasteiger partial charge in [-0.05, 0) is 32.9 Å². The molecule has 0 N–H and O–H groups in total. The summed E-state index contributed by atoms with van der Waals surface area (Å²) in [6.07, 6.45) is 0. The number of halogens is 1. The quantitative estimate of drug-likeness (QED) is 0.557. The minimum absolute atomic E-state index is 0.00543. The van der Waals surface area contributed by atoms with Crippen LogP contribution in [0.3, 0.4) is 0 Å². The summed E-state index contributed by atoms with van der Waals surface area (Å²) in [6, 6.07) is 4.72. The van der Waals surface area contributed by atoms with Crippen LogP contribution in [0.5, 0.6) is 0 Å². The number of hydrogen-bond donors (Lipinski definition) is 0. The van der Waals surface area contributed by atoms with Gasteiger partial charge in [0, 0.05) is 0 Å². The Morgan fingerprint density at radius 2 is 2.12 bits per heavy atom. The average Bonchev–Trinajstić information content (AvgIpc) is 2.15. The maximum atomic E-state index is 11.6. The Morgan fingerprint density at radius 1 is 1.50 bits per heavy atom. The van der Waals surface area contributed by atoms with Crippen LogP contribution in [0.4, 0.5) is 0 Å². The highest BCUT2D eigenvalue weighted by molar-refractivity contribution is 6.30. The Morgan fingerprint density at radius 3 is 2.56 bits per heavy atom. The Hall–Kier alpha value is -1.60. The molecule has 5 heteroatoms. The van der Waals surface area contributed by atoms with Gasteiger partial charge in [-0.3, -0.25) is 0 Å². The van der Waals surface area contributed by atoms with E-state index < -0.39 is 11.6 Å². The Balaban J connectivity index is 2.95. The SMILES string of the molecule is CC(C)(C)OC(=O)c1ccc(C#N)c(Cl)n1. The number of hydrogen-bond acceptors (Lipinski definition) is 4. The van der Waals surface area contributed by atoms with Crippen molar-refractivity contribution in [2.24, 2.45) is 0 Å². The summed E-state index contributed by atoms with van der Waals surface area (Å²) in [5.41, 5.74) is -0.257. The second-order valence-electron chi connectivity index (χ2n) is 4.15. The number of nitrogens with zero attached hydrogens (tertiary/aromatic N) is 2. The minimum atomic E-state index is -0.584. The highest BCUT2D eigenvalue weighted by Crippen LogP contribution is 2.15. The van der Waals surface area contributed by atoms with Crippen molar-refractivity contribution in [3.05, 3.63) is 28.5 Å². The van der Waals surface area contributed by atoms with Crippen LogP contribution in [0.2, 0.25) is 5.15 Å². The van der Waals surface area contributed by atoms with E-state index in [1.54, 1.807) is 20.8 Å². The average molecular weight is 239 g/mol. The van der Waals surface area contributed by atoms with E-state index in [2.05, 4.69) is 4.98 Å². The topological polar surface area (TPSA) is 63.0 Å². The molecule has 0 aromatic carbocycles. The molecular formula is C11H11ClN2O2. The molecule has 0 bridgehead atoms. The largest absolute Gasteiger partial charge is 0.455 e. The van der Waals surface area contributed by atoms with E-state index in [1.165, 1.54) is 12.1 Å². The summed E-state index contributed by atoms with van der Waals surface area (Å²) in [4.78, 5) is 15.4. The molecule has 0 saturated heterocycles. The molecule has 1 heterocycles. The van der Waals surface area contributed by atoms with Crippen molar-refractivity contribution in [2.75, 3.05) is 0 Å². The molecule has 84 valence electrons. The summed E-state index contributed by atoms with van der Waals surface area (Å²) in [5, 5.41) is 8.65. The van der Waals surface area contributed by atoms with Crippen molar-refractivity contribution in [3.8, 4) is 6.07 Å². The number of nitriles is 1. The third kappa shape index (κ3) is 3.21. The maximum Gasteiger partial charge on any atom is 0.357 e. The van der Waals surface area contributed by atoms with Gasteiger partial charge >= 0.3 is 5.97 Å². The number of rotatable bonds is 1. The predicted molar refractivity (Wildman–Crippen MR) is 59.1 cm³/mol. The third-order valence-electron chi connectivity index (χ3n) is 1.58. The highest BCUT2D eigenvalue weighted by atomic mass is 35.5. The normalized spacial score (nSPS) is 10.7. The summed E-state index contributed by atoms with van der Waals surface area (Å²) in [6.45, 7) is 5.28. The van der Waals surface area contributed by atoms with Crippen molar-refractivity contribution >= 4 is 17.6 Å². The van der Waals surface area contributed by atoms with Crippen LogP contribution in [0.1, 0.15) is 36.8 Å². The molecule has 0 spiro atoms. The molecule has 0 aliphatic heterocycles. The third-order valence-corrected chi connectivity index (χ3v) is 1.87. The first-order chi connectivity index (χ1) is 7.33. The Labute approximate surface area is 98.8 Å². The summed E-state index contributed by atoms with van der Waals surface area (Å²) in [5.74, 6) is -0.557. The van der Waals surface area contributed by atoms with Crippen LogP contribution in [0, 0.1) is 11.3 Å². The van der Waals surface area contributed by atoms with E-state index in [-0.39, 0.29) is 16.4 Å². The monoisotopic (exact) mass is 238 g/mol. The highest BCUT2D eigenvalue weighted by Gasteiger charge is 2.19. The smallest absolute Gasteiger partial charge is 0.357 e. The van der Waals surface area contributed by atoms with E-state index in [4.69, 9.17) is 21.6 Å². The summed E-state index contributed by atoms with van der Waals surface area (Å²) < 4.78 is 5.11. The van der Waals surface area contributed by atoms with Crippen LogP contribution in [0.25, 0.3) is 0 Å². The second-order valence-corrected chi connectivity index (χ2v) is 4.51. The van der Waals surface area contributed by atoms with Gasteiger partial charge in [0.1, 0.15) is 22.5 Å². The molecular weight excluding hydrogens is 228 g/mol. The molecule has 4 nitrogen and oxygen atoms in total. The standard InChI is InChI=1S/C11H11ClN2O2/c1-11(2,3)16-10(15)8-5-4-7(6-13)9(12)14-8/h4-5H,1-3H3. The first kappa shape index (κ1) is 12.5. The van der Waals surface area contributed by atoms with Gasteiger partial charge in [0.2, 0.25) is 0 Å². The molecule has 0 radical (unpaired) electrons. The van der Waals surface area contributed by atoms with Gasteiger partial charge in [0.15, 0.2) is 0 Å². The fourth-order valence-electron chi connectivity index (χ4n) is 0.962. The van der Waals surface area contributed by atoms with E-state index in [0.29, 0.717) is 0 Å². The van der Waals surface area contributed by atoms with Gasteiger partial charge in [-0.2, -0.15) is 5.26 Å². The molecule has 1 rings (SSSR count). The van der Waals surface area contributed by atoms with Crippen molar-refractivity contribution in [3.63, 3.8) is 0 Å². The fraction of sp³-hybridized carbons (Fsp3) is 0.364. The Bertz CT molecular complexity index is 458. The molecule has 0 atom stereocenters. The van der Waals surface area contributed by atoms with Crippen LogP contribution in [-0.4, -0.2) is 16.6 Å². The van der Waals surface area contributed by atoms with Crippen molar-refractivity contribution < 1.29 is 9.53 Å². The molecule has 0 aliphatic rings.